The molecule has 0 saturated heterocycles. The van der Waals surface area contributed by atoms with Crippen LogP contribution in [0.15, 0.2) is 0 Å². The van der Waals surface area contributed by atoms with Crippen molar-refractivity contribution < 1.29 is 4.74 Å². The average molecular weight is 232 g/mol. The van der Waals surface area contributed by atoms with Crippen LogP contribution in [0.1, 0.15) is 18.3 Å². The Morgan fingerprint density at radius 2 is 2.27 bits per heavy atom. The Hall–Kier alpha value is -0.580. The van der Waals surface area contributed by atoms with E-state index >= 15 is 0 Å². The molecule has 2 N–H and O–H groups in total. The van der Waals surface area contributed by atoms with Crippen LogP contribution in [0.3, 0.4) is 0 Å². The number of nitrogens with two attached hydrogens (primary N) is 1. The topological polar surface area (TPSA) is 53.1 Å². The van der Waals surface area contributed by atoms with Gasteiger partial charge in [-0.2, -0.15) is 5.10 Å². The zero-order chi connectivity index (χ0) is 11.4. The van der Waals surface area contributed by atoms with E-state index in [4.69, 9.17) is 22.1 Å². The Bertz CT molecular complexity index is 325. The molecule has 15 heavy (non-hydrogen) atoms. The van der Waals surface area contributed by atoms with Crippen molar-refractivity contribution in [2.45, 2.75) is 32.9 Å². The van der Waals surface area contributed by atoms with Gasteiger partial charge in [-0.05, 0) is 13.8 Å². The monoisotopic (exact) mass is 231 g/mol. The third kappa shape index (κ3) is 2.93. The summed E-state index contributed by atoms with van der Waals surface area (Å²) >= 11 is 6.16. The van der Waals surface area contributed by atoms with Gasteiger partial charge < -0.3 is 10.5 Å². The highest BCUT2D eigenvalue weighted by Gasteiger charge is 2.15. The van der Waals surface area contributed by atoms with E-state index in [0.29, 0.717) is 13.0 Å². The first kappa shape index (κ1) is 12.5. The molecule has 0 bridgehead atoms. The summed E-state index contributed by atoms with van der Waals surface area (Å²) in [6, 6.07) is -0.0334. The number of aryl methyl sites for hydroxylation is 2. The summed E-state index contributed by atoms with van der Waals surface area (Å²) in [5, 5.41) is 5.06. The van der Waals surface area contributed by atoms with Crippen molar-refractivity contribution >= 4 is 11.6 Å². The lowest BCUT2D eigenvalue weighted by atomic mass is 10.1. The smallest absolute Gasteiger partial charge is 0.0847 e. The Morgan fingerprint density at radius 1 is 1.60 bits per heavy atom. The minimum absolute atomic E-state index is 0.0334. The molecule has 1 unspecified atom stereocenters. The highest BCUT2D eigenvalue weighted by atomic mass is 35.5. The van der Waals surface area contributed by atoms with Crippen molar-refractivity contribution in [2.75, 3.05) is 13.7 Å². The van der Waals surface area contributed by atoms with Gasteiger partial charge in [0.2, 0.25) is 0 Å². The molecular weight excluding hydrogens is 214 g/mol. The summed E-state index contributed by atoms with van der Waals surface area (Å²) in [6.45, 7) is 5.28. The van der Waals surface area contributed by atoms with Crippen LogP contribution in [0.4, 0.5) is 0 Å². The fourth-order valence-electron chi connectivity index (χ4n) is 1.59. The molecule has 1 aromatic heterocycles. The molecule has 1 heterocycles. The van der Waals surface area contributed by atoms with Crippen LogP contribution in [0, 0.1) is 6.92 Å². The number of rotatable bonds is 5. The van der Waals surface area contributed by atoms with E-state index in [1.165, 1.54) is 0 Å². The van der Waals surface area contributed by atoms with E-state index in [1.54, 1.807) is 7.11 Å². The zero-order valence-electron chi connectivity index (χ0n) is 9.46. The number of hydrogen-bond donors (Lipinski definition) is 1. The van der Waals surface area contributed by atoms with E-state index in [2.05, 4.69) is 5.10 Å². The zero-order valence-corrected chi connectivity index (χ0v) is 10.2. The molecule has 0 saturated carbocycles. The molecule has 0 spiro atoms. The van der Waals surface area contributed by atoms with E-state index in [1.807, 2.05) is 18.5 Å². The van der Waals surface area contributed by atoms with Gasteiger partial charge in [0.25, 0.3) is 0 Å². The van der Waals surface area contributed by atoms with Crippen molar-refractivity contribution in [2.24, 2.45) is 5.73 Å². The van der Waals surface area contributed by atoms with Gasteiger partial charge in [-0.15, -0.1) is 0 Å². The quantitative estimate of drug-likeness (QED) is 0.833. The number of nitrogens with zero attached hydrogens (tertiary/aromatic N) is 2. The predicted molar refractivity (Wildman–Crippen MR) is 61.2 cm³/mol. The summed E-state index contributed by atoms with van der Waals surface area (Å²) in [4.78, 5) is 0. The van der Waals surface area contributed by atoms with Crippen molar-refractivity contribution in [3.05, 3.63) is 16.4 Å². The van der Waals surface area contributed by atoms with Crippen molar-refractivity contribution in [1.82, 2.24) is 9.78 Å². The second-order valence-corrected chi connectivity index (χ2v) is 3.96. The van der Waals surface area contributed by atoms with Crippen LogP contribution in [-0.2, 0) is 17.7 Å². The molecule has 1 aromatic rings. The fourth-order valence-corrected chi connectivity index (χ4v) is 1.80. The molecule has 0 aliphatic carbocycles. The molecule has 0 aliphatic rings. The summed E-state index contributed by atoms with van der Waals surface area (Å²) < 4.78 is 6.89. The summed E-state index contributed by atoms with van der Waals surface area (Å²) in [6.07, 6.45) is 0.696. The van der Waals surface area contributed by atoms with Gasteiger partial charge in [-0.3, -0.25) is 4.68 Å². The lowest BCUT2D eigenvalue weighted by Crippen LogP contribution is -2.29. The Kier molecular flexibility index (Phi) is 4.57. The first-order valence-electron chi connectivity index (χ1n) is 5.06. The normalized spacial score (nSPS) is 13.1. The molecule has 0 fully saturated rings. The Balaban J connectivity index is 2.82. The van der Waals surface area contributed by atoms with Gasteiger partial charge in [0, 0.05) is 26.1 Å². The maximum atomic E-state index is 6.16. The van der Waals surface area contributed by atoms with E-state index in [9.17, 15) is 0 Å². The lowest BCUT2D eigenvalue weighted by molar-refractivity contribution is 0.179. The molecule has 1 atom stereocenters. The summed E-state index contributed by atoms with van der Waals surface area (Å²) in [7, 11) is 1.64. The Labute approximate surface area is 95.3 Å². The molecular formula is C10H18ClN3O. The van der Waals surface area contributed by atoms with E-state index in [-0.39, 0.29) is 6.04 Å². The van der Waals surface area contributed by atoms with Crippen LogP contribution in [0.2, 0.25) is 5.02 Å². The second kappa shape index (κ2) is 5.49. The number of aromatic nitrogens is 2. The van der Waals surface area contributed by atoms with Crippen LogP contribution in [0.25, 0.3) is 0 Å². The van der Waals surface area contributed by atoms with Crippen LogP contribution >= 0.6 is 11.6 Å². The maximum absolute atomic E-state index is 6.16. The highest BCUT2D eigenvalue weighted by molar-refractivity contribution is 6.31. The second-order valence-electron chi connectivity index (χ2n) is 3.58. The van der Waals surface area contributed by atoms with Gasteiger partial charge in [-0.1, -0.05) is 11.6 Å². The maximum Gasteiger partial charge on any atom is 0.0847 e. The first-order valence-corrected chi connectivity index (χ1v) is 5.44. The summed E-state index contributed by atoms with van der Waals surface area (Å²) in [5.74, 6) is 0. The molecule has 0 amide bonds. The molecule has 5 heteroatoms. The summed E-state index contributed by atoms with van der Waals surface area (Å²) in [5.41, 5.74) is 7.75. The number of hydrogen-bond acceptors (Lipinski definition) is 3. The molecule has 0 radical (unpaired) electrons. The first-order chi connectivity index (χ1) is 7.10. The van der Waals surface area contributed by atoms with Gasteiger partial charge in [0.1, 0.15) is 0 Å². The molecule has 0 aliphatic heterocycles. The third-order valence-electron chi connectivity index (χ3n) is 2.29. The van der Waals surface area contributed by atoms with Crippen molar-refractivity contribution in [3.63, 3.8) is 0 Å². The molecule has 4 nitrogen and oxygen atoms in total. The molecule has 1 rings (SSSR count). The largest absolute Gasteiger partial charge is 0.383 e. The average Bonchev–Trinajstić information content (AvgIpc) is 2.46. The van der Waals surface area contributed by atoms with Gasteiger partial charge in [0.15, 0.2) is 0 Å². The minimum atomic E-state index is -0.0334. The number of ether oxygens (including phenoxy) is 1. The Morgan fingerprint density at radius 3 is 2.80 bits per heavy atom. The van der Waals surface area contributed by atoms with Crippen LogP contribution in [0.5, 0.6) is 0 Å². The van der Waals surface area contributed by atoms with Crippen molar-refractivity contribution in [1.29, 1.82) is 0 Å². The molecule has 86 valence electrons. The van der Waals surface area contributed by atoms with Gasteiger partial charge in [-0.25, -0.2) is 0 Å². The number of methoxy groups -OCH3 is 1. The fraction of sp³-hybridized carbons (Fsp3) is 0.700. The predicted octanol–water partition coefficient (Wildman–Crippen LogP) is 1.38. The van der Waals surface area contributed by atoms with E-state index < -0.39 is 0 Å². The van der Waals surface area contributed by atoms with Crippen LogP contribution < -0.4 is 5.73 Å². The van der Waals surface area contributed by atoms with Crippen molar-refractivity contribution in [3.8, 4) is 0 Å². The minimum Gasteiger partial charge on any atom is -0.383 e. The SMILES string of the molecule is CCn1nc(C)c(Cl)c1CC(N)COC. The standard InChI is InChI=1S/C10H18ClN3O/c1-4-14-9(5-8(12)6-15-3)10(11)7(2)13-14/h8H,4-6,12H2,1-3H3. The third-order valence-corrected chi connectivity index (χ3v) is 2.78. The lowest BCUT2D eigenvalue weighted by Gasteiger charge is -2.11. The van der Waals surface area contributed by atoms with Gasteiger partial charge >= 0.3 is 0 Å². The molecule has 0 aromatic carbocycles. The van der Waals surface area contributed by atoms with Gasteiger partial charge in [0.05, 0.1) is 23.0 Å². The van der Waals surface area contributed by atoms with Crippen LogP contribution in [-0.4, -0.2) is 29.5 Å². The number of halogens is 1. The van der Waals surface area contributed by atoms with E-state index in [0.717, 1.165) is 23.0 Å². The highest BCUT2D eigenvalue weighted by Crippen LogP contribution is 2.21.